The van der Waals surface area contributed by atoms with Crippen LogP contribution in [0.5, 0.6) is 0 Å². The van der Waals surface area contributed by atoms with Crippen LogP contribution in [0.3, 0.4) is 0 Å². The fraction of sp³-hybridized carbons (Fsp3) is 0. The first-order valence-corrected chi connectivity index (χ1v) is 17.9. The molecule has 2 aromatic heterocycles. The van der Waals surface area contributed by atoms with Crippen molar-refractivity contribution < 1.29 is 4.42 Å². The normalized spacial score (nSPS) is 11.4. The largest absolute Gasteiger partial charge is 0.455 e. The van der Waals surface area contributed by atoms with Gasteiger partial charge in [-0.3, -0.25) is 0 Å². The van der Waals surface area contributed by atoms with Gasteiger partial charge in [0.05, 0.1) is 11.4 Å². The van der Waals surface area contributed by atoms with E-state index in [1.165, 1.54) is 16.5 Å². The van der Waals surface area contributed by atoms with Crippen molar-refractivity contribution in [3.63, 3.8) is 0 Å². The molecule has 0 atom stereocenters. The van der Waals surface area contributed by atoms with Gasteiger partial charge >= 0.3 is 0 Å². The molecule has 10 rings (SSSR count). The van der Waals surface area contributed by atoms with Crippen molar-refractivity contribution in [2.75, 3.05) is 0 Å². The van der Waals surface area contributed by atoms with Crippen molar-refractivity contribution in [1.82, 2.24) is 9.97 Å². The first kappa shape index (κ1) is 30.7. The second-order valence-electron chi connectivity index (χ2n) is 13.4. The fourth-order valence-corrected chi connectivity index (χ4v) is 7.41. The number of benzene rings is 8. The Hall–Kier alpha value is -7.10. The highest BCUT2D eigenvalue weighted by molar-refractivity contribution is 6.19. The van der Waals surface area contributed by atoms with Crippen LogP contribution in [-0.4, -0.2) is 9.97 Å². The highest BCUT2D eigenvalue weighted by Crippen LogP contribution is 2.41. The molecule has 0 saturated carbocycles. The third kappa shape index (κ3) is 5.65. The number of hydrogen-bond acceptors (Lipinski definition) is 3. The molecule has 8 aromatic carbocycles. The molecular weight excluding hydrogens is 645 g/mol. The van der Waals surface area contributed by atoms with Gasteiger partial charge in [-0.05, 0) is 69.1 Å². The summed E-state index contributed by atoms with van der Waals surface area (Å²) in [5.74, 6) is 0.713. The summed E-state index contributed by atoms with van der Waals surface area (Å²) < 4.78 is 6.62. The third-order valence-electron chi connectivity index (χ3n) is 10.1. The van der Waals surface area contributed by atoms with E-state index >= 15 is 0 Å². The van der Waals surface area contributed by atoms with Gasteiger partial charge in [-0.25, -0.2) is 9.97 Å². The predicted molar refractivity (Wildman–Crippen MR) is 219 cm³/mol. The van der Waals surface area contributed by atoms with Gasteiger partial charge in [0, 0.05) is 32.8 Å². The van der Waals surface area contributed by atoms with Gasteiger partial charge in [0.25, 0.3) is 0 Å². The minimum Gasteiger partial charge on any atom is -0.455 e. The zero-order valence-electron chi connectivity index (χ0n) is 28.8. The molecule has 0 unspecified atom stereocenters. The number of nitrogens with zero attached hydrogens (tertiary/aromatic N) is 2. The first-order valence-electron chi connectivity index (χ1n) is 17.9. The van der Waals surface area contributed by atoms with Crippen molar-refractivity contribution in [3.05, 3.63) is 194 Å². The first-order chi connectivity index (χ1) is 26.2. The zero-order chi connectivity index (χ0) is 35.1. The third-order valence-corrected chi connectivity index (χ3v) is 10.1. The van der Waals surface area contributed by atoms with Crippen LogP contribution in [0.2, 0.25) is 0 Å². The van der Waals surface area contributed by atoms with Gasteiger partial charge in [-0.1, -0.05) is 164 Å². The number of aromatic nitrogens is 2. The van der Waals surface area contributed by atoms with Crippen LogP contribution in [0, 0.1) is 0 Å². The molecule has 0 amide bonds. The summed E-state index contributed by atoms with van der Waals surface area (Å²) >= 11 is 0. The van der Waals surface area contributed by atoms with E-state index in [0.29, 0.717) is 5.82 Å². The average Bonchev–Trinajstić information content (AvgIpc) is 3.62. The Balaban J connectivity index is 1.04. The minimum absolute atomic E-state index is 0.713. The lowest BCUT2D eigenvalue weighted by Crippen LogP contribution is -1.95. The maximum Gasteiger partial charge on any atom is 0.160 e. The Bertz CT molecular complexity index is 2860. The molecule has 0 saturated heterocycles. The monoisotopic (exact) mass is 676 g/mol. The van der Waals surface area contributed by atoms with Gasteiger partial charge in [0.1, 0.15) is 11.2 Å². The topological polar surface area (TPSA) is 38.9 Å². The maximum atomic E-state index is 6.62. The molecule has 0 N–H and O–H groups in total. The van der Waals surface area contributed by atoms with Crippen LogP contribution in [0.1, 0.15) is 0 Å². The number of rotatable bonds is 6. The highest BCUT2D eigenvalue weighted by Gasteiger charge is 2.16. The van der Waals surface area contributed by atoms with E-state index in [2.05, 4.69) is 152 Å². The van der Waals surface area contributed by atoms with Crippen LogP contribution in [0.25, 0.3) is 100.0 Å². The Labute approximate surface area is 307 Å². The number of fused-ring (bicyclic) bond motifs is 5. The smallest absolute Gasteiger partial charge is 0.160 e. The molecule has 2 heterocycles. The van der Waals surface area contributed by atoms with Crippen molar-refractivity contribution >= 4 is 32.7 Å². The zero-order valence-corrected chi connectivity index (χ0v) is 28.8. The molecular formula is C50H32N2O. The fourth-order valence-electron chi connectivity index (χ4n) is 7.41. The molecule has 53 heavy (non-hydrogen) atoms. The predicted octanol–water partition coefficient (Wildman–Crippen LogP) is 13.5. The molecule has 3 heteroatoms. The Morgan fingerprint density at radius 3 is 1.53 bits per heavy atom. The van der Waals surface area contributed by atoms with E-state index in [1.54, 1.807) is 0 Å². The Kier molecular flexibility index (Phi) is 7.47. The summed E-state index contributed by atoms with van der Waals surface area (Å²) in [6.07, 6.45) is 0. The maximum absolute atomic E-state index is 6.62. The number of hydrogen-bond donors (Lipinski definition) is 0. The van der Waals surface area contributed by atoms with Crippen LogP contribution >= 0.6 is 0 Å². The van der Waals surface area contributed by atoms with Crippen molar-refractivity contribution in [2.24, 2.45) is 0 Å². The minimum atomic E-state index is 0.713. The standard InChI is InChI=1S/C50H32N2O/c1-4-13-33(14-5-1)39-27-28-42-45-31-44(41-21-10-11-22-43(41)49(45)53-48(42)30-39)40-20-12-19-38(29-40)34-23-25-36(26-24-34)47-32-46(35-15-6-2-7-16-35)51-50(52-47)37-17-8-3-9-18-37/h1-32H. The van der Waals surface area contributed by atoms with Gasteiger partial charge in [-0.15, -0.1) is 0 Å². The summed E-state index contributed by atoms with van der Waals surface area (Å²) in [5.41, 5.74) is 13.7. The average molecular weight is 677 g/mol. The summed E-state index contributed by atoms with van der Waals surface area (Å²) in [4.78, 5) is 9.98. The van der Waals surface area contributed by atoms with Gasteiger partial charge in [-0.2, -0.15) is 0 Å². The van der Waals surface area contributed by atoms with Crippen molar-refractivity contribution in [1.29, 1.82) is 0 Å². The Morgan fingerprint density at radius 2 is 0.811 bits per heavy atom. The summed E-state index contributed by atoms with van der Waals surface area (Å²) in [7, 11) is 0. The van der Waals surface area contributed by atoms with E-state index < -0.39 is 0 Å². The van der Waals surface area contributed by atoms with Crippen molar-refractivity contribution in [3.8, 4) is 67.3 Å². The molecule has 0 aliphatic carbocycles. The molecule has 0 aliphatic rings. The van der Waals surface area contributed by atoms with Gasteiger partial charge < -0.3 is 4.42 Å². The SMILES string of the molecule is c1ccc(-c2ccc3c(c2)oc2c4ccccc4c(-c4cccc(-c5ccc(-c6cc(-c7ccccc7)nc(-c7ccccc7)n6)cc5)c4)cc32)cc1. The quantitative estimate of drug-likeness (QED) is 0.176. The van der Waals surface area contributed by atoms with Crippen LogP contribution < -0.4 is 0 Å². The van der Waals surface area contributed by atoms with Gasteiger partial charge in [0.15, 0.2) is 5.82 Å². The van der Waals surface area contributed by atoms with Crippen LogP contribution in [-0.2, 0) is 0 Å². The van der Waals surface area contributed by atoms with E-state index in [-0.39, 0.29) is 0 Å². The molecule has 0 bridgehead atoms. The molecule has 3 nitrogen and oxygen atoms in total. The Morgan fingerprint density at radius 1 is 0.302 bits per heavy atom. The summed E-state index contributed by atoms with van der Waals surface area (Å²) in [5, 5.41) is 4.52. The van der Waals surface area contributed by atoms with Crippen LogP contribution in [0.4, 0.5) is 0 Å². The summed E-state index contributed by atoms with van der Waals surface area (Å²) in [6, 6.07) is 68.0. The lowest BCUT2D eigenvalue weighted by molar-refractivity contribution is 0.673. The van der Waals surface area contributed by atoms with E-state index in [1.807, 2.05) is 42.5 Å². The lowest BCUT2D eigenvalue weighted by atomic mass is 9.93. The van der Waals surface area contributed by atoms with Crippen LogP contribution in [0.15, 0.2) is 199 Å². The van der Waals surface area contributed by atoms with Gasteiger partial charge in [0.2, 0.25) is 0 Å². The molecule has 0 aliphatic heterocycles. The van der Waals surface area contributed by atoms with E-state index in [4.69, 9.17) is 14.4 Å². The van der Waals surface area contributed by atoms with Crippen molar-refractivity contribution in [2.45, 2.75) is 0 Å². The second kappa shape index (κ2) is 12.9. The summed E-state index contributed by atoms with van der Waals surface area (Å²) in [6.45, 7) is 0. The number of furan rings is 1. The molecule has 0 radical (unpaired) electrons. The molecule has 0 fully saturated rings. The van der Waals surface area contributed by atoms with E-state index in [0.717, 1.165) is 77.7 Å². The molecule has 0 spiro atoms. The van der Waals surface area contributed by atoms with E-state index in [9.17, 15) is 0 Å². The lowest BCUT2D eigenvalue weighted by Gasteiger charge is -2.11. The highest BCUT2D eigenvalue weighted by atomic mass is 16.3. The molecule has 10 aromatic rings. The molecule has 248 valence electrons. The second-order valence-corrected chi connectivity index (χ2v) is 13.4.